The molecule has 0 saturated carbocycles. The van der Waals surface area contributed by atoms with Gasteiger partial charge in [0.2, 0.25) is 0 Å². The Balaban J connectivity index is 2.28. The molecular weight excluding hydrogens is 343 g/mol. The van der Waals surface area contributed by atoms with E-state index in [4.69, 9.17) is 17.4 Å². The third-order valence-electron chi connectivity index (χ3n) is 3.31. The third-order valence-corrected chi connectivity index (χ3v) is 4.48. The second kappa shape index (κ2) is 6.68. The van der Waals surface area contributed by atoms with Crippen molar-refractivity contribution in [1.29, 1.82) is 0 Å². The van der Waals surface area contributed by atoms with Crippen molar-refractivity contribution in [2.24, 2.45) is 5.84 Å². The van der Waals surface area contributed by atoms with Gasteiger partial charge in [0.1, 0.15) is 5.82 Å². The van der Waals surface area contributed by atoms with Gasteiger partial charge in [-0.15, -0.1) is 0 Å². The molecule has 0 aliphatic carbocycles. The first-order valence-electron chi connectivity index (χ1n) is 6.18. The number of hydrazine groups is 1. The molecule has 0 aliphatic heterocycles. The smallest absolute Gasteiger partial charge is 0.142 e. The van der Waals surface area contributed by atoms with Crippen molar-refractivity contribution in [3.05, 3.63) is 68.4 Å². The largest absolute Gasteiger partial charge is 0.271 e. The minimum atomic E-state index is -0.411. The fourth-order valence-electron chi connectivity index (χ4n) is 2.16. The van der Waals surface area contributed by atoms with Gasteiger partial charge in [-0.1, -0.05) is 45.7 Å². The number of rotatable bonds is 4. The molecule has 0 heterocycles. The highest BCUT2D eigenvalue weighted by Crippen LogP contribution is 2.27. The Labute approximate surface area is 131 Å². The van der Waals surface area contributed by atoms with Crippen LogP contribution in [0.3, 0.4) is 0 Å². The summed E-state index contributed by atoms with van der Waals surface area (Å²) in [7, 11) is 0. The molecule has 3 N–H and O–H groups in total. The second-order valence-corrected chi connectivity index (χ2v) is 5.89. The minimum absolute atomic E-state index is 0.0897. The maximum Gasteiger partial charge on any atom is 0.142 e. The standard InChI is InChI=1S/C15H15BrClFN2/c1-9-11(3-2-4-12(9)16)15(20-19)8-10-5-6-13(17)14(18)7-10/h2-7,15,20H,8,19H2,1H3. The molecule has 0 radical (unpaired) electrons. The van der Waals surface area contributed by atoms with Crippen molar-refractivity contribution >= 4 is 27.5 Å². The van der Waals surface area contributed by atoms with Gasteiger partial charge >= 0.3 is 0 Å². The summed E-state index contributed by atoms with van der Waals surface area (Å²) < 4.78 is 14.5. The van der Waals surface area contributed by atoms with E-state index in [1.54, 1.807) is 6.07 Å². The monoisotopic (exact) mass is 356 g/mol. The Bertz CT molecular complexity index is 619. The molecule has 1 unspecified atom stereocenters. The van der Waals surface area contributed by atoms with Crippen LogP contribution in [0.5, 0.6) is 0 Å². The van der Waals surface area contributed by atoms with Crippen LogP contribution in [-0.4, -0.2) is 0 Å². The van der Waals surface area contributed by atoms with E-state index in [1.165, 1.54) is 6.07 Å². The van der Waals surface area contributed by atoms with Crippen LogP contribution in [0.2, 0.25) is 5.02 Å². The van der Waals surface area contributed by atoms with Gasteiger partial charge in [0.05, 0.1) is 11.1 Å². The van der Waals surface area contributed by atoms with Crippen LogP contribution in [0, 0.1) is 12.7 Å². The molecule has 2 rings (SSSR count). The number of benzene rings is 2. The van der Waals surface area contributed by atoms with E-state index in [1.807, 2.05) is 31.2 Å². The summed E-state index contributed by atoms with van der Waals surface area (Å²) in [6.07, 6.45) is 0.585. The quantitative estimate of drug-likeness (QED) is 0.632. The number of nitrogens with one attached hydrogen (secondary N) is 1. The molecule has 0 bridgehead atoms. The van der Waals surface area contributed by atoms with Crippen LogP contribution in [0.4, 0.5) is 4.39 Å². The predicted molar refractivity (Wildman–Crippen MR) is 84.1 cm³/mol. The molecule has 2 aromatic rings. The molecule has 0 amide bonds. The molecule has 0 saturated heterocycles. The molecule has 2 aromatic carbocycles. The Morgan fingerprint density at radius 3 is 2.75 bits per heavy atom. The zero-order chi connectivity index (χ0) is 14.7. The lowest BCUT2D eigenvalue weighted by atomic mass is 9.96. The van der Waals surface area contributed by atoms with Crippen molar-refractivity contribution in [2.45, 2.75) is 19.4 Å². The Hall–Kier alpha value is -0.940. The first kappa shape index (κ1) is 15.4. The maximum absolute atomic E-state index is 13.5. The predicted octanol–water partition coefficient (Wildman–Crippen LogP) is 4.30. The summed E-state index contributed by atoms with van der Waals surface area (Å²) in [6.45, 7) is 2.02. The maximum atomic E-state index is 13.5. The Morgan fingerprint density at radius 1 is 1.35 bits per heavy atom. The summed E-state index contributed by atoms with van der Waals surface area (Å²) in [6, 6.07) is 10.7. The third kappa shape index (κ3) is 3.38. The topological polar surface area (TPSA) is 38.0 Å². The van der Waals surface area contributed by atoms with E-state index >= 15 is 0 Å². The highest BCUT2D eigenvalue weighted by molar-refractivity contribution is 9.10. The van der Waals surface area contributed by atoms with Gasteiger partial charge in [0.15, 0.2) is 0 Å². The highest BCUT2D eigenvalue weighted by atomic mass is 79.9. The van der Waals surface area contributed by atoms with Crippen LogP contribution in [0.25, 0.3) is 0 Å². The van der Waals surface area contributed by atoms with Crippen LogP contribution in [-0.2, 0) is 6.42 Å². The molecule has 0 fully saturated rings. The molecule has 0 aromatic heterocycles. The highest BCUT2D eigenvalue weighted by Gasteiger charge is 2.15. The zero-order valence-corrected chi connectivity index (χ0v) is 13.3. The molecular formula is C15H15BrClFN2. The molecule has 5 heteroatoms. The Morgan fingerprint density at radius 2 is 2.10 bits per heavy atom. The van der Waals surface area contributed by atoms with Gasteiger partial charge in [-0.05, 0) is 48.2 Å². The van der Waals surface area contributed by atoms with Crippen molar-refractivity contribution in [2.75, 3.05) is 0 Å². The summed E-state index contributed by atoms with van der Waals surface area (Å²) in [5.74, 6) is 5.24. The van der Waals surface area contributed by atoms with Crippen LogP contribution < -0.4 is 11.3 Å². The zero-order valence-electron chi connectivity index (χ0n) is 11.0. The normalized spacial score (nSPS) is 12.4. The average Bonchev–Trinajstić information content (AvgIpc) is 2.43. The van der Waals surface area contributed by atoms with Gasteiger partial charge < -0.3 is 0 Å². The Kier molecular flexibility index (Phi) is 5.16. The van der Waals surface area contributed by atoms with Crippen molar-refractivity contribution < 1.29 is 4.39 Å². The van der Waals surface area contributed by atoms with Gasteiger partial charge in [0, 0.05) is 4.47 Å². The molecule has 106 valence electrons. The van der Waals surface area contributed by atoms with E-state index < -0.39 is 5.82 Å². The molecule has 0 spiro atoms. The number of hydrogen-bond acceptors (Lipinski definition) is 2. The van der Waals surface area contributed by atoms with Gasteiger partial charge in [-0.2, -0.15) is 0 Å². The molecule has 2 nitrogen and oxygen atoms in total. The molecule has 20 heavy (non-hydrogen) atoms. The van der Waals surface area contributed by atoms with Crippen LogP contribution in [0.15, 0.2) is 40.9 Å². The van der Waals surface area contributed by atoms with Gasteiger partial charge in [-0.3, -0.25) is 11.3 Å². The molecule has 1 atom stereocenters. The molecule has 0 aliphatic rings. The average molecular weight is 358 g/mol. The fourth-order valence-corrected chi connectivity index (χ4v) is 2.66. The summed E-state index contributed by atoms with van der Waals surface area (Å²) in [4.78, 5) is 0. The van der Waals surface area contributed by atoms with Gasteiger partial charge in [0.25, 0.3) is 0 Å². The summed E-state index contributed by atoms with van der Waals surface area (Å²) in [5, 5.41) is 0.129. The van der Waals surface area contributed by atoms with Crippen molar-refractivity contribution in [3.63, 3.8) is 0 Å². The first-order chi connectivity index (χ1) is 9.52. The van der Waals surface area contributed by atoms with E-state index in [-0.39, 0.29) is 11.1 Å². The summed E-state index contributed by atoms with van der Waals surface area (Å²) in [5.41, 5.74) is 5.83. The van der Waals surface area contributed by atoms with E-state index in [0.29, 0.717) is 6.42 Å². The van der Waals surface area contributed by atoms with Crippen LogP contribution in [0.1, 0.15) is 22.7 Å². The lowest BCUT2D eigenvalue weighted by Gasteiger charge is -2.19. The number of halogens is 3. The minimum Gasteiger partial charge on any atom is -0.271 e. The van der Waals surface area contributed by atoms with Crippen molar-refractivity contribution in [1.82, 2.24) is 5.43 Å². The fraction of sp³-hybridized carbons (Fsp3) is 0.200. The number of nitrogens with two attached hydrogens (primary N) is 1. The lowest BCUT2D eigenvalue weighted by molar-refractivity contribution is 0.546. The second-order valence-electron chi connectivity index (χ2n) is 4.63. The summed E-state index contributed by atoms with van der Waals surface area (Å²) >= 11 is 9.20. The first-order valence-corrected chi connectivity index (χ1v) is 7.35. The SMILES string of the molecule is Cc1c(Br)cccc1C(Cc1ccc(Cl)c(F)c1)NN. The van der Waals surface area contributed by atoms with E-state index in [2.05, 4.69) is 21.4 Å². The van der Waals surface area contributed by atoms with Gasteiger partial charge in [-0.25, -0.2) is 4.39 Å². The number of hydrogen-bond donors (Lipinski definition) is 2. The van der Waals surface area contributed by atoms with Crippen LogP contribution >= 0.6 is 27.5 Å². The van der Waals surface area contributed by atoms with Crippen molar-refractivity contribution in [3.8, 4) is 0 Å². The lowest BCUT2D eigenvalue weighted by Crippen LogP contribution is -2.30. The van der Waals surface area contributed by atoms with E-state index in [0.717, 1.165) is 21.2 Å². The van der Waals surface area contributed by atoms with E-state index in [9.17, 15) is 4.39 Å².